The maximum absolute atomic E-state index is 12.0. The second-order valence-corrected chi connectivity index (χ2v) is 5.35. The number of nitrogens with zero attached hydrogens (tertiary/aromatic N) is 2. The van der Waals surface area contributed by atoms with Crippen LogP contribution in [0.2, 0.25) is 0 Å². The van der Waals surface area contributed by atoms with Gasteiger partial charge >= 0.3 is 0 Å². The number of aromatic nitrogens is 2. The smallest absolute Gasteiger partial charge is 0.271 e. The van der Waals surface area contributed by atoms with Gasteiger partial charge in [-0.2, -0.15) is 5.10 Å². The van der Waals surface area contributed by atoms with Gasteiger partial charge in [0.2, 0.25) is 0 Å². The van der Waals surface area contributed by atoms with Gasteiger partial charge in [0.15, 0.2) is 11.5 Å². The van der Waals surface area contributed by atoms with Gasteiger partial charge in [-0.3, -0.25) is 9.89 Å². The van der Waals surface area contributed by atoms with E-state index >= 15 is 0 Å². The molecule has 0 unspecified atom stereocenters. The van der Waals surface area contributed by atoms with Crippen LogP contribution in [0, 0.1) is 0 Å². The van der Waals surface area contributed by atoms with Crippen LogP contribution in [0.15, 0.2) is 28.9 Å². The number of nitrogens with one attached hydrogen (secondary N) is 3. The van der Waals surface area contributed by atoms with Crippen LogP contribution >= 0.6 is 0 Å². The second-order valence-electron chi connectivity index (χ2n) is 5.35. The zero-order chi connectivity index (χ0) is 15.2. The van der Waals surface area contributed by atoms with E-state index in [4.69, 9.17) is 4.42 Å². The summed E-state index contributed by atoms with van der Waals surface area (Å²) in [5.41, 5.74) is 1.09. The molecule has 1 aliphatic rings. The number of carbonyl (C=O) groups is 1. The van der Waals surface area contributed by atoms with Crippen molar-refractivity contribution >= 4 is 5.91 Å². The first-order chi connectivity index (χ1) is 10.8. The molecule has 3 rings (SSSR count). The molecular weight excluding hydrogens is 282 g/mol. The zero-order valence-corrected chi connectivity index (χ0v) is 12.5. The van der Waals surface area contributed by atoms with Gasteiger partial charge in [-0.15, -0.1) is 0 Å². The molecule has 1 amide bonds. The highest BCUT2D eigenvalue weighted by molar-refractivity contribution is 5.93. The van der Waals surface area contributed by atoms with Crippen molar-refractivity contribution in [3.05, 3.63) is 30.2 Å². The number of furan rings is 1. The largest absolute Gasteiger partial charge is 0.463 e. The lowest BCUT2D eigenvalue weighted by atomic mass is 10.3. The quantitative estimate of drug-likeness (QED) is 0.684. The molecule has 0 bridgehead atoms. The van der Waals surface area contributed by atoms with Gasteiger partial charge in [0.25, 0.3) is 5.91 Å². The Bertz CT molecular complexity index is 587. The van der Waals surface area contributed by atoms with Crippen molar-refractivity contribution in [2.24, 2.45) is 0 Å². The Morgan fingerprint density at radius 1 is 1.41 bits per heavy atom. The standard InChI is InChI=1S/C15H21N5O2/c21-15(17-4-2-7-20-8-5-16-6-9-20)13-11-12(18-19-13)14-3-1-10-22-14/h1,3,10-11,16H,2,4-9H2,(H,17,21)(H,18,19). The van der Waals surface area contributed by atoms with E-state index in [1.807, 2.05) is 6.07 Å². The molecule has 0 spiro atoms. The number of piperazine rings is 1. The third-order valence-corrected chi connectivity index (χ3v) is 3.74. The molecule has 0 atom stereocenters. The lowest BCUT2D eigenvalue weighted by Gasteiger charge is -2.26. The number of aromatic amines is 1. The first kappa shape index (κ1) is 14.8. The van der Waals surface area contributed by atoms with E-state index in [1.54, 1.807) is 18.4 Å². The molecule has 1 fully saturated rings. The summed E-state index contributed by atoms with van der Waals surface area (Å²) < 4.78 is 5.26. The van der Waals surface area contributed by atoms with Crippen molar-refractivity contribution in [1.82, 2.24) is 25.7 Å². The fourth-order valence-corrected chi connectivity index (χ4v) is 2.53. The molecule has 2 aromatic rings. The maximum Gasteiger partial charge on any atom is 0.271 e. The summed E-state index contributed by atoms with van der Waals surface area (Å²) in [4.78, 5) is 14.4. The predicted octanol–water partition coefficient (Wildman–Crippen LogP) is 0.695. The monoisotopic (exact) mass is 303 g/mol. The zero-order valence-electron chi connectivity index (χ0n) is 12.5. The Morgan fingerprint density at radius 2 is 2.27 bits per heavy atom. The van der Waals surface area contributed by atoms with Crippen LogP contribution in [0.4, 0.5) is 0 Å². The summed E-state index contributed by atoms with van der Waals surface area (Å²) in [6.45, 7) is 5.94. The van der Waals surface area contributed by atoms with Crippen LogP contribution in [0.1, 0.15) is 16.9 Å². The van der Waals surface area contributed by atoms with E-state index in [1.165, 1.54) is 0 Å². The van der Waals surface area contributed by atoms with E-state index < -0.39 is 0 Å². The SMILES string of the molecule is O=C(NCCCN1CCNCC1)c1cc(-c2ccco2)[nH]n1. The van der Waals surface area contributed by atoms with Crippen molar-refractivity contribution in [2.45, 2.75) is 6.42 Å². The number of H-pyrrole nitrogens is 1. The second kappa shape index (κ2) is 7.24. The minimum atomic E-state index is -0.158. The molecular formula is C15H21N5O2. The van der Waals surface area contributed by atoms with Crippen LogP contribution in [-0.2, 0) is 0 Å². The first-order valence-electron chi connectivity index (χ1n) is 7.63. The molecule has 0 radical (unpaired) electrons. The molecule has 1 saturated heterocycles. The molecule has 118 valence electrons. The van der Waals surface area contributed by atoms with E-state index in [-0.39, 0.29) is 5.91 Å². The lowest BCUT2D eigenvalue weighted by molar-refractivity contribution is 0.0946. The summed E-state index contributed by atoms with van der Waals surface area (Å²) in [6, 6.07) is 5.32. The molecule has 22 heavy (non-hydrogen) atoms. The molecule has 0 aliphatic carbocycles. The van der Waals surface area contributed by atoms with E-state index in [2.05, 4.69) is 25.7 Å². The van der Waals surface area contributed by atoms with Gasteiger partial charge in [-0.05, 0) is 25.1 Å². The van der Waals surface area contributed by atoms with Crippen LogP contribution in [0.25, 0.3) is 11.5 Å². The minimum absolute atomic E-state index is 0.158. The Hall–Kier alpha value is -2.12. The molecule has 7 heteroatoms. The van der Waals surface area contributed by atoms with Gasteiger partial charge in [0, 0.05) is 38.8 Å². The number of rotatable bonds is 6. The van der Waals surface area contributed by atoms with Crippen molar-refractivity contribution in [3.63, 3.8) is 0 Å². The highest BCUT2D eigenvalue weighted by atomic mass is 16.3. The number of hydrogen-bond donors (Lipinski definition) is 3. The maximum atomic E-state index is 12.0. The third kappa shape index (κ3) is 3.75. The van der Waals surface area contributed by atoms with E-state index in [0.29, 0.717) is 23.7 Å². The van der Waals surface area contributed by atoms with Gasteiger partial charge < -0.3 is 20.0 Å². The normalized spacial score (nSPS) is 15.8. The average molecular weight is 303 g/mol. The number of amides is 1. The topological polar surface area (TPSA) is 86.2 Å². The first-order valence-corrected chi connectivity index (χ1v) is 7.63. The molecule has 0 saturated carbocycles. The molecule has 2 aromatic heterocycles. The molecule has 1 aliphatic heterocycles. The summed E-state index contributed by atoms with van der Waals surface area (Å²) in [6.07, 6.45) is 2.53. The average Bonchev–Trinajstić information content (AvgIpc) is 3.22. The Balaban J connectivity index is 1.42. The predicted molar refractivity (Wildman–Crippen MR) is 82.5 cm³/mol. The van der Waals surface area contributed by atoms with Crippen LogP contribution in [0.3, 0.4) is 0 Å². The Labute approximate surface area is 129 Å². The van der Waals surface area contributed by atoms with E-state index in [9.17, 15) is 4.79 Å². The molecule has 0 aromatic carbocycles. The van der Waals surface area contributed by atoms with Crippen LogP contribution < -0.4 is 10.6 Å². The molecule has 7 nitrogen and oxygen atoms in total. The molecule has 3 N–H and O–H groups in total. The van der Waals surface area contributed by atoms with Crippen molar-refractivity contribution < 1.29 is 9.21 Å². The van der Waals surface area contributed by atoms with Gasteiger partial charge in [0.05, 0.1) is 6.26 Å². The van der Waals surface area contributed by atoms with Gasteiger partial charge in [-0.25, -0.2) is 0 Å². The molecule has 3 heterocycles. The summed E-state index contributed by atoms with van der Waals surface area (Å²) in [7, 11) is 0. The van der Waals surface area contributed by atoms with Crippen LogP contribution in [-0.4, -0.2) is 60.3 Å². The number of hydrogen-bond acceptors (Lipinski definition) is 5. The Morgan fingerprint density at radius 3 is 3.05 bits per heavy atom. The third-order valence-electron chi connectivity index (χ3n) is 3.74. The number of carbonyl (C=O) groups excluding carboxylic acids is 1. The highest BCUT2D eigenvalue weighted by Crippen LogP contribution is 2.17. The van der Waals surface area contributed by atoms with Crippen molar-refractivity contribution in [2.75, 3.05) is 39.3 Å². The van der Waals surface area contributed by atoms with Crippen molar-refractivity contribution in [1.29, 1.82) is 0 Å². The Kier molecular flexibility index (Phi) is 4.87. The summed E-state index contributed by atoms with van der Waals surface area (Å²) in [5.74, 6) is 0.514. The summed E-state index contributed by atoms with van der Waals surface area (Å²) >= 11 is 0. The van der Waals surface area contributed by atoms with Gasteiger partial charge in [-0.1, -0.05) is 0 Å². The highest BCUT2D eigenvalue weighted by Gasteiger charge is 2.13. The van der Waals surface area contributed by atoms with Crippen LogP contribution in [0.5, 0.6) is 0 Å². The lowest BCUT2D eigenvalue weighted by Crippen LogP contribution is -2.44. The minimum Gasteiger partial charge on any atom is -0.463 e. The summed E-state index contributed by atoms with van der Waals surface area (Å²) in [5, 5.41) is 13.1. The van der Waals surface area contributed by atoms with Crippen molar-refractivity contribution in [3.8, 4) is 11.5 Å². The van der Waals surface area contributed by atoms with Gasteiger partial charge in [0.1, 0.15) is 5.69 Å². The van der Waals surface area contributed by atoms with E-state index in [0.717, 1.165) is 39.1 Å². The fourth-order valence-electron chi connectivity index (χ4n) is 2.53. The fraction of sp³-hybridized carbons (Fsp3) is 0.467.